The van der Waals surface area contributed by atoms with E-state index in [-0.39, 0.29) is 35.6 Å². The first-order valence-electron chi connectivity index (χ1n) is 10.5. The molecule has 2 aromatic carbocycles. The van der Waals surface area contributed by atoms with Crippen molar-refractivity contribution in [2.45, 2.75) is 32.9 Å². The molecular weight excluding hydrogens is 435 g/mol. The number of allylic oxidation sites excluding steroid dienone is 1. The Kier molecular flexibility index (Phi) is 7.26. The van der Waals surface area contributed by atoms with Crippen molar-refractivity contribution in [3.63, 3.8) is 0 Å². The van der Waals surface area contributed by atoms with Crippen LogP contribution < -0.4 is 5.32 Å². The van der Waals surface area contributed by atoms with Crippen molar-refractivity contribution in [2.75, 3.05) is 13.2 Å². The normalized spacial score (nSPS) is 16.4. The average molecular weight is 459 g/mol. The molecular formula is C25H24F3NO4. The zero-order valence-corrected chi connectivity index (χ0v) is 18.5. The van der Waals surface area contributed by atoms with Gasteiger partial charge < -0.3 is 14.8 Å². The molecule has 0 amide bonds. The first-order valence-corrected chi connectivity index (χ1v) is 10.5. The van der Waals surface area contributed by atoms with Crippen LogP contribution in [0.1, 0.15) is 43.4 Å². The number of rotatable bonds is 6. The van der Waals surface area contributed by atoms with Gasteiger partial charge in [0.1, 0.15) is 0 Å². The van der Waals surface area contributed by atoms with Crippen LogP contribution in [0, 0.1) is 0 Å². The molecule has 1 aliphatic rings. The summed E-state index contributed by atoms with van der Waals surface area (Å²) in [6, 6.07) is 13.6. The predicted molar refractivity (Wildman–Crippen MR) is 117 cm³/mol. The Labute approximate surface area is 189 Å². The van der Waals surface area contributed by atoms with Crippen molar-refractivity contribution in [1.29, 1.82) is 0 Å². The highest BCUT2D eigenvalue weighted by Gasteiger charge is 2.43. The van der Waals surface area contributed by atoms with Crippen LogP contribution in [-0.4, -0.2) is 25.2 Å². The zero-order valence-electron chi connectivity index (χ0n) is 18.5. The van der Waals surface area contributed by atoms with Gasteiger partial charge in [0.15, 0.2) is 0 Å². The number of hydrogen-bond acceptors (Lipinski definition) is 5. The molecule has 5 nitrogen and oxygen atoms in total. The lowest BCUT2D eigenvalue weighted by Crippen LogP contribution is -2.33. The molecule has 1 atom stereocenters. The van der Waals surface area contributed by atoms with Crippen LogP contribution in [0.25, 0.3) is 5.70 Å². The molecule has 174 valence electrons. The number of benzene rings is 2. The van der Waals surface area contributed by atoms with E-state index in [1.54, 1.807) is 51.1 Å². The smallest absolute Gasteiger partial charge is 0.416 e. The molecule has 3 rings (SSSR count). The van der Waals surface area contributed by atoms with Crippen molar-refractivity contribution >= 4 is 17.6 Å². The van der Waals surface area contributed by atoms with Gasteiger partial charge in [-0.25, -0.2) is 9.59 Å². The lowest BCUT2D eigenvalue weighted by molar-refractivity contribution is -0.141. The van der Waals surface area contributed by atoms with Gasteiger partial charge in [0.05, 0.1) is 41.5 Å². The minimum absolute atomic E-state index is 0.00940. The molecule has 1 N–H and O–H groups in total. The van der Waals surface area contributed by atoms with E-state index < -0.39 is 29.6 Å². The Morgan fingerprint density at radius 2 is 1.42 bits per heavy atom. The lowest BCUT2D eigenvalue weighted by Gasteiger charge is -2.32. The summed E-state index contributed by atoms with van der Waals surface area (Å²) < 4.78 is 52.4. The molecule has 0 aliphatic carbocycles. The van der Waals surface area contributed by atoms with Crippen LogP contribution in [0.2, 0.25) is 0 Å². The summed E-state index contributed by atoms with van der Waals surface area (Å²) in [4.78, 5) is 26.1. The predicted octanol–water partition coefficient (Wildman–Crippen LogP) is 5.20. The maximum absolute atomic E-state index is 14.0. The van der Waals surface area contributed by atoms with Crippen LogP contribution in [-0.2, 0) is 25.2 Å². The van der Waals surface area contributed by atoms with E-state index in [2.05, 4.69) is 5.32 Å². The first kappa shape index (κ1) is 24.1. The third kappa shape index (κ3) is 4.94. The molecule has 0 fully saturated rings. The van der Waals surface area contributed by atoms with Gasteiger partial charge in [-0.15, -0.1) is 0 Å². The number of dihydropyridines is 1. The van der Waals surface area contributed by atoms with E-state index in [4.69, 9.17) is 9.47 Å². The van der Waals surface area contributed by atoms with E-state index in [1.807, 2.05) is 0 Å². The number of nitrogens with one attached hydrogen (secondary N) is 1. The van der Waals surface area contributed by atoms with Crippen molar-refractivity contribution in [1.82, 2.24) is 5.32 Å². The van der Waals surface area contributed by atoms with Crippen molar-refractivity contribution in [3.05, 3.63) is 88.1 Å². The SMILES string of the molecule is CCOC(=O)C1=C(C)NC(c2ccccc2)=C(C(=O)OCC)C1c1ccccc1C(F)(F)F. The van der Waals surface area contributed by atoms with Crippen LogP contribution in [0.3, 0.4) is 0 Å². The molecule has 0 aromatic heterocycles. The second kappa shape index (κ2) is 9.94. The van der Waals surface area contributed by atoms with E-state index in [1.165, 1.54) is 18.2 Å². The minimum Gasteiger partial charge on any atom is -0.463 e. The molecule has 0 saturated heterocycles. The molecule has 0 spiro atoms. The van der Waals surface area contributed by atoms with E-state index >= 15 is 0 Å². The monoisotopic (exact) mass is 459 g/mol. The Balaban J connectivity index is 2.39. The Hall–Kier alpha value is -3.55. The molecule has 8 heteroatoms. The van der Waals surface area contributed by atoms with Crippen LogP contribution in [0.5, 0.6) is 0 Å². The van der Waals surface area contributed by atoms with Crippen molar-refractivity contribution in [2.24, 2.45) is 0 Å². The average Bonchev–Trinajstić information content (AvgIpc) is 2.78. The quantitative estimate of drug-likeness (QED) is 0.602. The molecule has 0 radical (unpaired) electrons. The minimum atomic E-state index is -4.71. The number of hydrogen-bond donors (Lipinski definition) is 1. The highest BCUT2D eigenvalue weighted by molar-refractivity contribution is 6.05. The van der Waals surface area contributed by atoms with Gasteiger partial charge in [-0.05, 0) is 38.0 Å². The molecule has 1 aliphatic heterocycles. The number of ether oxygens (including phenoxy) is 2. The standard InChI is InChI=1S/C25H24F3NO4/c1-4-32-23(30)19-15(3)29-22(16-11-7-6-8-12-16)21(24(31)33-5-2)20(19)17-13-9-10-14-18(17)25(26,27)28/h6-14,20,29H,4-5H2,1-3H3. The largest absolute Gasteiger partial charge is 0.463 e. The van der Waals surface area contributed by atoms with E-state index in [9.17, 15) is 22.8 Å². The van der Waals surface area contributed by atoms with Gasteiger partial charge in [-0.3, -0.25) is 0 Å². The second-order valence-corrected chi connectivity index (χ2v) is 7.28. The molecule has 33 heavy (non-hydrogen) atoms. The fourth-order valence-electron chi connectivity index (χ4n) is 3.89. The maximum Gasteiger partial charge on any atom is 0.416 e. The summed E-state index contributed by atoms with van der Waals surface area (Å²) in [7, 11) is 0. The van der Waals surface area contributed by atoms with Gasteiger partial charge in [0.25, 0.3) is 0 Å². The lowest BCUT2D eigenvalue weighted by atomic mass is 9.77. The summed E-state index contributed by atoms with van der Waals surface area (Å²) in [5.74, 6) is -2.98. The summed E-state index contributed by atoms with van der Waals surface area (Å²) >= 11 is 0. The van der Waals surface area contributed by atoms with Crippen LogP contribution in [0.4, 0.5) is 13.2 Å². The van der Waals surface area contributed by atoms with Crippen molar-refractivity contribution in [3.8, 4) is 0 Å². The highest BCUT2D eigenvalue weighted by atomic mass is 19.4. The van der Waals surface area contributed by atoms with Gasteiger partial charge >= 0.3 is 18.1 Å². The first-order chi connectivity index (χ1) is 15.7. The van der Waals surface area contributed by atoms with Crippen LogP contribution in [0.15, 0.2) is 71.4 Å². The Morgan fingerprint density at radius 3 is 2.00 bits per heavy atom. The fraction of sp³-hybridized carbons (Fsp3) is 0.280. The summed E-state index contributed by atoms with van der Waals surface area (Å²) in [5.41, 5.74) is -0.197. The molecule has 1 unspecified atom stereocenters. The molecule has 2 aromatic rings. The topological polar surface area (TPSA) is 64.6 Å². The van der Waals surface area contributed by atoms with Gasteiger partial charge in [0, 0.05) is 5.70 Å². The van der Waals surface area contributed by atoms with Gasteiger partial charge in [-0.1, -0.05) is 48.5 Å². The molecule has 0 saturated carbocycles. The maximum atomic E-state index is 14.0. The number of carbonyl (C=O) groups excluding carboxylic acids is 2. The van der Waals surface area contributed by atoms with Crippen molar-refractivity contribution < 1.29 is 32.2 Å². The third-order valence-electron chi connectivity index (χ3n) is 5.19. The van der Waals surface area contributed by atoms with Gasteiger partial charge in [0.2, 0.25) is 0 Å². The van der Waals surface area contributed by atoms with Gasteiger partial charge in [-0.2, -0.15) is 13.2 Å². The highest BCUT2D eigenvalue weighted by Crippen LogP contribution is 2.45. The number of alkyl halides is 3. The summed E-state index contributed by atoms with van der Waals surface area (Å²) in [5, 5.41) is 3.05. The summed E-state index contributed by atoms with van der Waals surface area (Å²) in [6.07, 6.45) is -4.71. The van der Waals surface area contributed by atoms with E-state index in [0.717, 1.165) is 6.07 Å². The summed E-state index contributed by atoms with van der Waals surface area (Å²) in [6.45, 7) is 4.80. The third-order valence-corrected chi connectivity index (χ3v) is 5.19. The second-order valence-electron chi connectivity index (χ2n) is 7.28. The molecule has 0 bridgehead atoms. The zero-order chi connectivity index (χ0) is 24.2. The number of halogens is 3. The van der Waals surface area contributed by atoms with Crippen LogP contribution >= 0.6 is 0 Å². The molecule has 1 heterocycles. The van der Waals surface area contributed by atoms with E-state index in [0.29, 0.717) is 11.3 Å². The fourth-order valence-corrected chi connectivity index (χ4v) is 3.89. The Morgan fingerprint density at radius 1 is 0.879 bits per heavy atom. The number of esters is 2. The number of carbonyl (C=O) groups is 2. The Bertz CT molecular complexity index is 1100.